The van der Waals surface area contributed by atoms with E-state index in [1.807, 2.05) is 30.6 Å². The molecule has 37 heavy (non-hydrogen) atoms. The highest BCUT2D eigenvalue weighted by atomic mass is 16.5. The first-order valence-corrected chi connectivity index (χ1v) is 13.6. The molecule has 3 rings (SSSR count). The summed E-state index contributed by atoms with van der Waals surface area (Å²) in [4.78, 5) is 21.6. The predicted molar refractivity (Wildman–Crippen MR) is 150 cm³/mol. The van der Waals surface area contributed by atoms with Crippen molar-refractivity contribution in [1.82, 2.24) is 9.97 Å². The van der Waals surface area contributed by atoms with Gasteiger partial charge < -0.3 is 9.47 Å². The Hall–Kier alpha value is -3.47. The van der Waals surface area contributed by atoms with Crippen molar-refractivity contribution < 1.29 is 14.3 Å². The van der Waals surface area contributed by atoms with Gasteiger partial charge >= 0.3 is 5.97 Å². The summed E-state index contributed by atoms with van der Waals surface area (Å²) in [6.45, 7) is 8.95. The highest BCUT2D eigenvalue weighted by Gasteiger charge is 2.10. The summed E-state index contributed by atoms with van der Waals surface area (Å²) in [5.74, 6) is 2.30. The Morgan fingerprint density at radius 1 is 0.919 bits per heavy atom. The number of rotatable bonds is 16. The number of aryl methyl sites for hydroxylation is 1. The van der Waals surface area contributed by atoms with Gasteiger partial charge in [-0.2, -0.15) is 0 Å². The van der Waals surface area contributed by atoms with Gasteiger partial charge in [0.25, 0.3) is 0 Å². The van der Waals surface area contributed by atoms with E-state index in [1.165, 1.54) is 37.7 Å². The third kappa shape index (κ3) is 9.83. The molecule has 0 radical (unpaired) electrons. The van der Waals surface area contributed by atoms with Crippen molar-refractivity contribution in [3.05, 3.63) is 84.7 Å². The molecule has 0 amide bonds. The van der Waals surface area contributed by atoms with Crippen molar-refractivity contribution in [1.29, 1.82) is 0 Å². The number of esters is 1. The Morgan fingerprint density at radius 3 is 2.30 bits per heavy atom. The number of carbonyl (C=O) groups is 1. The van der Waals surface area contributed by atoms with Gasteiger partial charge in [0.2, 0.25) is 0 Å². The summed E-state index contributed by atoms with van der Waals surface area (Å²) in [6, 6.07) is 14.3. The first kappa shape index (κ1) is 28.1. The average molecular weight is 501 g/mol. The highest BCUT2D eigenvalue weighted by molar-refractivity contribution is 5.91. The van der Waals surface area contributed by atoms with Crippen LogP contribution in [0.15, 0.2) is 73.6 Å². The molecule has 0 aliphatic heterocycles. The molecule has 196 valence electrons. The van der Waals surface area contributed by atoms with E-state index < -0.39 is 5.97 Å². The van der Waals surface area contributed by atoms with Crippen LogP contribution in [0, 0.1) is 5.92 Å². The van der Waals surface area contributed by atoms with Gasteiger partial charge in [-0.3, -0.25) is 0 Å². The van der Waals surface area contributed by atoms with E-state index in [1.54, 1.807) is 36.4 Å². The van der Waals surface area contributed by atoms with Crippen LogP contribution in [-0.4, -0.2) is 22.5 Å². The van der Waals surface area contributed by atoms with Gasteiger partial charge in [0.15, 0.2) is 5.82 Å². The monoisotopic (exact) mass is 500 g/mol. The second-order valence-electron chi connectivity index (χ2n) is 9.60. The van der Waals surface area contributed by atoms with Crippen molar-refractivity contribution in [2.45, 2.75) is 71.6 Å². The maximum Gasteiger partial charge on any atom is 0.343 e. The first-order chi connectivity index (χ1) is 18.1. The second-order valence-corrected chi connectivity index (χ2v) is 9.60. The topological polar surface area (TPSA) is 61.3 Å². The number of aromatic nitrogens is 2. The van der Waals surface area contributed by atoms with Crippen LogP contribution in [0.4, 0.5) is 0 Å². The molecule has 5 heteroatoms. The quantitative estimate of drug-likeness (QED) is 0.0857. The zero-order valence-corrected chi connectivity index (χ0v) is 22.3. The number of allylic oxidation sites excluding steroid dienone is 1. The van der Waals surface area contributed by atoms with E-state index in [2.05, 4.69) is 30.4 Å². The lowest BCUT2D eigenvalue weighted by atomic mass is 10.00. The second kappa shape index (κ2) is 15.6. The smallest absolute Gasteiger partial charge is 0.343 e. The van der Waals surface area contributed by atoms with Crippen molar-refractivity contribution in [3.8, 4) is 22.9 Å². The first-order valence-electron chi connectivity index (χ1n) is 13.6. The van der Waals surface area contributed by atoms with Gasteiger partial charge in [-0.05, 0) is 92.1 Å². The lowest BCUT2D eigenvalue weighted by Crippen LogP contribution is -2.08. The summed E-state index contributed by atoms with van der Waals surface area (Å²) < 4.78 is 11.2. The fourth-order valence-corrected chi connectivity index (χ4v) is 3.94. The van der Waals surface area contributed by atoms with Crippen LogP contribution in [0.5, 0.6) is 11.5 Å². The van der Waals surface area contributed by atoms with Gasteiger partial charge in [0.1, 0.15) is 11.5 Å². The molecule has 0 fully saturated rings. The Morgan fingerprint density at radius 2 is 1.62 bits per heavy atom. The molecule has 1 heterocycles. The Bertz CT molecular complexity index is 1080. The van der Waals surface area contributed by atoms with Gasteiger partial charge in [0.05, 0.1) is 12.2 Å². The van der Waals surface area contributed by atoms with Crippen molar-refractivity contribution >= 4 is 5.97 Å². The molecule has 0 spiro atoms. The van der Waals surface area contributed by atoms with E-state index in [-0.39, 0.29) is 0 Å². The maximum absolute atomic E-state index is 12.5. The SMILES string of the molecule is C=CCCCCOc1ccc(C(=O)Oc2ccc(-c3ncc(CCCCC[C@@H](C)CC)cn3)cc2)cc1. The standard InChI is InChI=1S/C32H40N2O3/c1-4-6-7-11-22-36-29-18-16-28(17-19-29)32(35)37-30-20-14-27(15-21-30)31-33-23-26(24-34-31)13-10-8-9-12-25(3)5-2/h4,14-21,23-25H,1,5-13,22H2,2-3H3/t25-/m0/s1. The molecule has 0 aliphatic rings. The maximum atomic E-state index is 12.5. The van der Waals surface area contributed by atoms with Crippen molar-refractivity contribution in [2.75, 3.05) is 6.61 Å². The molecule has 0 saturated heterocycles. The zero-order valence-electron chi connectivity index (χ0n) is 22.3. The number of benzene rings is 2. The lowest BCUT2D eigenvalue weighted by Gasteiger charge is -2.08. The van der Waals surface area contributed by atoms with Crippen LogP contribution in [0.25, 0.3) is 11.4 Å². The summed E-state index contributed by atoms with van der Waals surface area (Å²) in [5.41, 5.74) is 2.53. The normalized spacial score (nSPS) is 11.6. The zero-order chi connectivity index (χ0) is 26.3. The van der Waals surface area contributed by atoms with E-state index in [9.17, 15) is 4.79 Å². The van der Waals surface area contributed by atoms with Gasteiger partial charge in [-0.25, -0.2) is 14.8 Å². The van der Waals surface area contributed by atoms with E-state index in [0.717, 1.165) is 42.9 Å². The molecular formula is C32H40N2O3. The number of nitrogens with zero attached hydrogens (tertiary/aromatic N) is 2. The molecule has 0 bridgehead atoms. The minimum atomic E-state index is -0.407. The van der Waals surface area contributed by atoms with Crippen LogP contribution in [-0.2, 0) is 6.42 Å². The molecule has 2 aromatic carbocycles. The van der Waals surface area contributed by atoms with E-state index in [0.29, 0.717) is 23.7 Å². The molecule has 0 aliphatic carbocycles. The molecule has 3 aromatic rings. The number of carbonyl (C=O) groups excluding carboxylic acids is 1. The minimum Gasteiger partial charge on any atom is -0.494 e. The number of hydrogen-bond acceptors (Lipinski definition) is 5. The predicted octanol–water partition coefficient (Wildman–Crippen LogP) is 8.25. The summed E-state index contributed by atoms with van der Waals surface area (Å²) in [5, 5.41) is 0. The van der Waals surface area contributed by atoms with Gasteiger partial charge in [-0.15, -0.1) is 6.58 Å². The summed E-state index contributed by atoms with van der Waals surface area (Å²) in [6.07, 6.45) is 16.1. The summed E-state index contributed by atoms with van der Waals surface area (Å²) >= 11 is 0. The third-order valence-corrected chi connectivity index (χ3v) is 6.55. The number of unbranched alkanes of at least 4 members (excludes halogenated alkanes) is 4. The lowest BCUT2D eigenvalue weighted by molar-refractivity contribution is 0.0734. The van der Waals surface area contributed by atoms with Gasteiger partial charge in [-0.1, -0.05) is 45.6 Å². The third-order valence-electron chi connectivity index (χ3n) is 6.55. The van der Waals surface area contributed by atoms with E-state index in [4.69, 9.17) is 9.47 Å². The largest absolute Gasteiger partial charge is 0.494 e. The molecule has 0 unspecified atom stereocenters. The Balaban J connectivity index is 1.44. The molecule has 0 N–H and O–H groups in total. The van der Waals surface area contributed by atoms with E-state index >= 15 is 0 Å². The fourth-order valence-electron chi connectivity index (χ4n) is 3.94. The minimum absolute atomic E-state index is 0.407. The molecule has 1 atom stereocenters. The Labute approximate surface area is 222 Å². The highest BCUT2D eigenvalue weighted by Crippen LogP contribution is 2.21. The molecule has 5 nitrogen and oxygen atoms in total. The van der Waals surface area contributed by atoms with Crippen LogP contribution in [0.1, 0.15) is 81.1 Å². The van der Waals surface area contributed by atoms with Crippen LogP contribution >= 0.6 is 0 Å². The number of ether oxygens (including phenoxy) is 2. The number of hydrogen-bond donors (Lipinski definition) is 0. The molecule has 1 aromatic heterocycles. The fraction of sp³-hybridized carbons (Fsp3) is 0.406. The summed E-state index contributed by atoms with van der Waals surface area (Å²) in [7, 11) is 0. The van der Waals surface area contributed by atoms with Crippen molar-refractivity contribution in [3.63, 3.8) is 0 Å². The van der Waals surface area contributed by atoms with Crippen molar-refractivity contribution in [2.24, 2.45) is 5.92 Å². The Kier molecular flexibility index (Phi) is 11.9. The van der Waals surface area contributed by atoms with Gasteiger partial charge in [0, 0.05) is 18.0 Å². The van der Waals surface area contributed by atoms with Crippen LogP contribution in [0.3, 0.4) is 0 Å². The molecular weight excluding hydrogens is 460 g/mol. The average Bonchev–Trinajstić information content (AvgIpc) is 2.93. The van der Waals surface area contributed by atoms with Crippen LogP contribution < -0.4 is 9.47 Å². The molecule has 0 saturated carbocycles. The van der Waals surface area contributed by atoms with Crippen LogP contribution in [0.2, 0.25) is 0 Å².